The minimum absolute atomic E-state index is 0.0227. The Hall–Kier alpha value is -8.62. The first-order chi connectivity index (χ1) is 38.4. The van der Waals surface area contributed by atoms with Crippen molar-refractivity contribution < 1.29 is 56.4 Å². The predicted molar refractivity (Wildman–Crippen MR) is 296 cm³/mol. The molecule has 7 aromatic rings. The monoisotopic (exact) mass is 1080 g/mol. The molecule has 2 aliphatic heterocycles. The molecular formula is C59H64F2N8O10. The van der Waals surface area contributed by atoms with Gasteiger partial charge in [0, 0.05) is 71.9 Å². The van der Waals surface area contributed by atoms with Gasteiger partial charge in [-0.15, -0.1) is 0 Å². The van der Waals surface area contributed by atoms with Gasteiger partial charge in [0.1, 0.15) is 11.5 Å². The van der Waals surface area contributed by atoms with E-state index < -0.39 is 35.3 Å². The van der Waals surface area contributed by atoms with Gasteiger partial charge >= 0.3 is 23.6 Å². The third-order valence-electron chi connectivity index (χ3n) is 13.3. The summed E-state index contributed by atoms with van der Waals surface area (Å²) in [5, 5.41) is 17.7. The van der Waals surface area contributed by atoms with Crippen LogP contribution in [0.4, 0.5) is 20.2 Å². The first kappa shape index (κ1) is 56.6. The number of fused-ring (bicyclic) bond motifs is 2. The Morgan fingerprint density at radius 1 is 0.557 bits per heavy atom. The van der Waals surface area contributed by atoms with E-state index in [1.807, 2.05) is 37.3 Å². The highest BCUT2D eigenvalue weighted by atomic mass is 19.1. The third-order valence-corrected chi connectivity index (χ3v) is 13.3. The molecule has 2 aliphatic rings. The summed E-state index contributed by atoms with van der Waals surface area (Å²) in [5.41, 5.74) is 2.52. The Labute approximate surface area is 456 Å². The van der Waals surface area contributed by atoms with Gasteiger partial charge in [-0.2, -0.15) is 0 Å². The first-order valence-electron chi connectivity index (χ1n) is 26.2. The van der Waals surface area contributed by atoms with Crippen molar-refractivity contribution in [3.8, 4) is 46.0 Å². The fourth-order valence-electron chi connectivity index (χ4n) is 8.89. The lowest BCUT2D eigenvalue weighted by atomic mass is 9.99. The van der Waals surface area contributed by atoms with Crippen LogP contribution in [0.25, 0.3) is 21.8 Å². The van der Waals surface area contributed by atoms with Gasteiger partial charge in [0.2, 0.25) is 0 Å². The number of benzene rings is 5. The molecule has 79 heavy (non-hydrogen) atoms. The summed E-state index contributed by atoms with van der Waals surface area (Å²) in [4.78, 5) is 57.0. The zero-order valence-corrected chi connectivity index (χ0v) is 44.4. The van der Waals surface area contributed by atoms with Crippen molar-refractivity contribution in [1.29, 1.82) is 0 Å². The first-order valence-corrected chi connectivity index (χ1v) is 26.2. The quantitative estimate of drug-likeness (QED) is 0.0442. The van der Waals surface area contributed by atoms with E-state index >= 15 is 4.39 Å². The summed E-state index contributed by atoms with van der Waals surface area (Å²) in [7, 11) is 3.12. The number of carbonyl (C=O) groups excluding carboxylic acids is 4. The molecule has 0 spiro atoms. The predicted octanol–water partition coefficient (Wildman–Crippen LogP) is 9.04. The maximum absolute atomic E-state index is 15.1. The van der Waals surface area contributed by atoms with Gasteiger partial charge in [-0.25, -0.2) is 8.78 Å². The lowest BCUT2D eigenvalue weighted by molar-refractivity contribution is -0.136. The molecule has 6 N–H and O–H groups in total. The highest BCUT2D eigenvalue weighted by molar-refractivity contribution is 6.40. The van der Waals surface area contributed by atoms with E-state index in [-0.39, 0.29) is 35.3 Å². The van der Waals surface area contributed by atoms with E-state index in [1.54, 1.807) is 69.9 Å². The smallest absolute Gasteiger partial charge is 0.313 e. The number of carbonyl (C=O) groups is 4. The summed E-state index contributed by atoms with van der Waals surface area (Å²) in [6.07, 6.45) is 7.38. The molecule has 0 aliphatic carbocycles. The van der Waals surface area contributed by atoms with Crippen LogP contribution in [0, 0.1) is 23.5 Å². The lowest BCUT2D eigenvalue weighted by Gasteiger charge is -2.23. The Kier molecular flexibility index (Phi) is 19.8. The second-order valence-corrected chi connectivity index (χ2v) is 19.0. The van der Waals surface area contributed by atoms with Gasteiger partial charge in [0.15, 0.2) is 46.1 Å². The van der Waals surface area contributed by atoms with E-state index in [2.05, 4.69) is 41.9 Å². The van der Waals surface area contributed by atoms with Crippen LogP contribution in [-0.4, -0.2) is 100 Å². The second kappa shape index (κ2) is 27.6. The number of methoxy groups -OCH3 is 2. The highest BCUT2D eigenvalue weighted by Crippen LogP contribution is 2.40. The number of hydrogen-bond donors (Lipinski definition) is 6. The summed E-state index contributed by atoms with van der Waals surface area (Å²) in [5.74, 6) is -0.960. The number of halogens is 2. The van der Waals surface area contributed by atoms with Gasteiger partial charge < -0.3 is 60.3 Å². The molecule has 414 valence electrons. The molecule has 5 aromatic carbocycles. The van der Waals surface area contributed by atoms with E-state index in [0.29, 0.717) is 87.9 Å². The molecule has 20 heteroatoms. The molecule has 1 atom stereocenters. The summed E-state index contributed by atoms with van der Waals surface area (Å²) in [6.45, 7) is 9.36. The van der Waals surface area contributed by atoms with Gasteiger partial charge in [0.05, 0.1) is 38.5 Å². The van der Waals surface area contributed by atoms with Crippen molar-refractivity contribution in [2.45, 2.75) is 45.4 Å². The lowest BCUT2D eigenvalue weighted by Crippen LogP contribution is -2.37. The molecule has 0 bridgehead atoms. The number of anilines is 2. The standard InChI is InChI=1S/C33H35FN4O5.C26H29FN4O5/c1-21(23-6-4-3-5-7-23)19-37-32(39)33(40)38-24-8-9-29(26(34)16-24)43-28-12-15-36-27-18-31(30(41-2)17-25(27)28)42-20-22-10-13-35-14-11-22;1-3-29-25(32)26(33)31-17-4-5-22(19(27)12-17)36-21-8-11-30-20-14-24(23(34-2)13-18(20)21)35-15-16-6-9-28-10-7-16/h3-9,12,15-18,21-22,35H,10-11,13-14,19-20H2,1-2H3,(H,37,39)(H,38,40);4-5,8,11-14,16,28H,3,6-7,9-10,15H2,1-2H3,(H,29,32)(H,31,33). The van der Waals surface area contributed by atoms with Crippen LogP contribution in [0.5, 0.6) is 46.0 Å². The van der Waals surface area contributed by atoms with Crippen molar-refractivity contribution in [1.82, 2.24) is 31.2 Å². The molecule has 1 unspecified atom stereocenters. The second-order valence-electron chi connectivity index (χ2n) is 19.0. The average Bonchev–Trinajstić information content (AvgIpc) is 3.48. The van der Waals surface area contributed by atoms with Crippen LogP contribution < -0.4 is 60.3 Å². The highest BCUT2D eigenvalue weighted by Gasteiger charge is 2.22. The number of piperidine rings is 2. The third kappa shape index (κ3) is 15.3. The Morgan fingerprint density at radius 2 is 1.01 bits per heavy atom. The number of likely N-dealkylation sites (N-methyl/N-ethyl adjacent to an activating group) is 1. The van der Waals surface area contributed by atoms with Gasteiger partial charge in [0.25, 0.3) is 0 Å². The molecule has 4 amide bonds. The van der Waals surface area contributed by atoms with Crippen molar-refractivity contribution in [3.05, 3.63) is 133 Å². The molecular weight excluding hydrogens is 1020 g/mol. The minimum Gasteiger partial charge on any atom is -0.493 e. The summed E-state index contributed by atoms with van der Waals surface area (Å²) >= 11 is 0. The minimum atomic E-state index is -0.890. The number of ether oxygens (including phenoxy) is 6. The summed E-state index contributed by atoms with van der Waals surface area (Å²) < 4.78 is 64.9. The van der Waals surface area contributed by atoms with Crippen molar-refractivity contribution in [3.63, 3.8) is 0 Å². The zero-order valence-electron chi connectivity index (χ0n) is 44.4. The molecule has 2 fully saturated rings. The molecule has 0 radical (unpaired) electrons. The molecule has 2 saturated heterocycles. The Morgan fingerprint density at radius 3 is 1.44 bits per heavy atom. The number of hydrogen-bond acceptors (Lipinski definition) is 14. The molecule has 18 nitrogen and oxygen atoms in total. The van der Waals surface area contributed by atoms with Crippen LogP contribution in [0.2, 0.25) is 0 Å². The van der Waals surface area contributed by atoms with E-state index in [9.17, 15) is 23.6 Å². The Bertz CT molecular complexity index is 3250. The number of nitrogens with one attached hydrogen (secondary N) is 6. The van der Waals surface area contributed by atoms with Crippen molar-refractivity contribution in [2.75, 3.05) is 77.3 Å². The normalized spacial score (nSPS) is 13.9. The topological polar surface area (TPSA) is 222 Å². The number of pyridine rings is 2. The van der Waals surface area contributed by atoms with Crippen LogP contribution >= 0.6 is 0 Å². The summed E-state index contributed by atoms with van der Waals surface area (Å²) in [6, 6.07) is 27.9. The SMILES string of the molecule is CCNC(=O)C(=O)Nc1ccc(Oc2ccnc3cc(OCC4CCNCC4)c(OC)cc23)c(F)c1.COc1cc2c(Oc3ccc(NC(=O)C(=O)NCC(C)c4ccccc4)cc3F)ccnc2cc1OCC1CCNCC1. The number of aromatic nitrogens is 2. The molecule has 0 saturated carbocycles. The fourth-order valence-corrected chi connectivity index (χ4v) is 8.89. The number of amides is 4. The van der Waals surface area contributed by atoms with Gasteiger partial charge in [-0.05, 0) is 131 Å². The van der Waals surface area contributed by atoms with E-state index in [1.165, 1.54) is 24.3 Å². The van der Waals surface area contributed by atoms with E-state index in [0.717, 1.165) is 69.6 Å². The van der Waals surface area contributed by atoms with Crippen molar-refractivity contribution >= 4 is 56.8 Å². The van der Waals surface area contributed by atoms with Crippen molar-refractivity contribution in [2.24, 2.45) is 11.8 Å². The molecule has 9 rings (SSSR count). The Balaban J connectivity index is 0.000000211. The number of rotatable bonds is 18. The maximum Gasteiger partial charge on any atom is 0.313 e. The molecule has 2 aromatic heterocycles. The number of nitrogens with zero attached hydrogens (tertiary/aromatic N) is 2. The maximum atomic E-state index is 15.1. The zero-order chi connectivity index (χ0) is 55.7. The average molecular weight is 1080 g/mol. The van der Waals surface area contributed by atoms with Gasteiger partial charge in [-0.3, -0.25) is 29.1 Å². The largest absolute Gasteiger partial charge is 0.493 e. The van der Waals surface area contributed by atoms with Crippen LogP contribution in [-0.2, 0) is 19.2 Å². The van der Waals surface area contributed by atoms with Gasteiger partial charge in [-0.1, -0.05) is 37.3 Å². The van der Waals surface area contributed by atoms with E-state index in [4.69, 9.17) is 28.4 Å². The van der Waals surface area contributed by atoms with Crippen LogP contribution in [0.15, 0.2) is 116 Å². The fraction of sp³-hybridized carbons (Fsp3) is 0.322. The van der Waals surface area contributed by atoms with Crippen LogP contribution in [0.1, 0.15) is 51.0 Å². The molecule has 4 heterocycles. The van der Waals surface area contributed by atoms with Crippen LogP contribution in [0.3, 0.4) is 0 Å².